The molecule has 6 heteroatoms. The van der Waals surface area contributed by atoms with Crippen molar-refractivity contribution < 1.29 is 14.7 Å². The molecule has 2 aromatic rings. The molecule has 0 saturated heterocycles. The van der Waals surface area contributed by atoms with E-state index >= 15 is 0 Å². The van der Waals surface area contributed by atoms with Gasteiger partial charge in [-0.25, -0.2) is 4.68 Å². The number of hydrogen-bond donors (Lipinski definition) is 1. The van der Waals surface area contributed by atoms with E-state index in [1.165, 1.54) is 10.5 Å². The SMILES string of the molecule is CCCN(CC(=O)O)C(=O)c1nn(-c2ccc(CC)cc2)c2c1CCC2. The second-order valence-electron chi connectivity index (χ2n) is 6.68. The van der Waals surface area contributed by atoms with Crippen LogP contribution < -0.4 is 0 Å². The van der Waals surface area contributed by atoms with Crippen LogP contribution in [0.1, 0.15) is 54.0 Å². The summed E-state index contributed by atoms with van der Waals surface area (Å²) in [6, 6.07) is 8.21. The minimum Gasteiger partial charge on any atom is -0.480 e. The van der Waals surface area contributed by atoms with E-state index in [0.29, 0.717) is 18.7 Å². The van der Waals surface area contributed by atoms with Gasteiger partial charge < -0.3 is 10.0 Å². The third-order valence-corrected chi connectivity index (χ3v) is 4.83. The van der Waals surface area contributed by atoms with Crippen LogP contribution in [0, 0.1) is 0 Å². The number of aromatic nitrogens is 2. The highest BCUT2D eigenvalue weighted by Crippen LogP contribution is 2.28. The van der Waals surface area contributed by atoms with Gasteiger partial charge >= 0.3 is 5.97 Å². The Balaban J connectivity index is 1.98. The van der Waals surface area contributed by atoms with Crippen LogP contribution in [0.15, 0.2) is 24.3 Å². The fourth-order valence-corrected chi connectivity index (χ4v) is 3.53. The van der Waals surface area contributed by atoms with Crippen LogP contribution in [0.4, 0.5) is 0 Å². The van der Waals surface area contributed by atoms with Gasteiger partial charge in [-0.1, -0.05) is 26.0 Å². The van der Waals surface area contributed by atoms with Crippen molar-refractivity contribution >= 4 is 11.9 Å². The van der Waals surface area contributed by atoms with Gasteiger partial charge in [0.25, 0.3) is 5.91 Å². The Bertz CT molecular complexity index is 808. The smallest absolute Gasteiger partial charge is 0.323 e. The average Bonchev–Trinajstić information content (AvgIpc) is 3.23. The highest BCUT2D eigenvalue weighted by Gasteiger charge is 2.30. The van der Waals surface area contributed by atoms with Gasteiger partial charge in [0.05, 0.1) is 5.69 Å². The van der Waals surface area contributed by atoms with Gasteiger partial charge in [-0.2, -0.15) is 5.10 Å². The molecule has 26 heavy (non-hydrogen) atoms. The van der Waals surface area contributed by atoms with Gasteiger partial charge in [-0.3, -0.25) is 9.59 Å². The third-order valence-electron chi connectivity index (χ3n) is 4.83. The Kier molecular flexibility index (Phi) is 5.40. The summed E-state index contributed by atoms with van der Waals surface area (Å²) in [5, 5.41) is 13.7. The average molecular weight is 355 g/mol. The van der Waals surface area contributed by atoms with Gasteiger partial charge in [0.2, 0.25) is 0 Å². The summed E-state index contributed by atoms with van der Waals surface area (Å²) < 4.78 is 1.86. The Morgan fingerprint density at radius 3 is 2.54 bits per heavy atom. The van der Waals surface area contributed by atoms with Crippen molar-refractivity contribution in [2.45, 2.75) is 46.0 Å². The van der Waals surface area contributed by atoms with E-state index in [1.54, 1.807) is 0 Å². The second-order valence-corrected chi connectivity index (χ2v) is 6.68. The van der Waals surface area contributed by atoms with E-state index in [2.05, 4.69) is 24.2 Å². The molecule has 0 fully saturated rings. The molecule has 0 radical (unpaired) electrons. The number of carbonyl (C=O) groups is 2. The molecule has 0 unspecified atom stereocenters. The van der Waals surface area contributed by atoms with E-state index in [0.717, 1.165) is 42.6 Å². The molecule has 1 aromatic carbocycles. The lowest BCUT2D eigenvalue weighted by atomic mass is 10.1. The first-order chi connectivity index (χ1) is 12.5. The first kappa shape index (κ1) is 18.2. The minimum atomic E-state index is -1.00. The van der Waals surface area contributed by atoms with Crippen molar-refractivity contribution in [3.63, 3.8) is 0 Å². The number of fused-ring (bicyclic) bond motifs is 1. The van der Waals surface area contributed by atoms with Crippen molar-refractivity contribution in [2.75, 3.05) is 13.1 Å². The van der Waals surface area contributed by atoms with Crippen LogP contribution in [-0.4, -0.2) is 44.8 Å². The highest BCUT2D eigenvalue weighted by molar-refractivity contribution is 5.96. The molecule has 0 bridgehead atoms. The lowest BCUT2D eigenvalue weighted by molar-refractivity contribution is -0.137. The van der Waals surface area contributed by atoms with E-state index in [9.17, 15) is 9.59 Å². The monoisotopic (exact) mass is 355 g/mol. The first-order valence-corrected chi connectivity index (χ1v) is 9.26. The van der Waals surface area contributed by atoms with Gasteiger partial charge in [-0.05, 0) is 49.8 Å². The number of benzene rings is 1. The normalized spacial score (nSPS) is 12.8. The number of nitrogens with zero attached hydrogens (tertiary/aromatic N) is 3. The number of carboxylic acids is 1. The Labute approximate surface area is 153 Å². The standard InChI is InChI=1S/C20H25N3O3/c1-3-12-22(13-18(24)25)20(26)19-16-6-5-7-17(16)23(21-19)15-10-8-14(4-2)9-11-15/h8-11H,3-7,12-13H2,1-2H3,(H,24,25). The number of rotatable bonds is 7. The molecule has 0 saturated carbocycles. The zero-order valence-electron chi connectivity index (χ0n) is 15.4. The highest BCUT2D eigenvalue weighted by atomic mass is 16.4. The maximum atomic E-state index is 13.0. The van der Waals surface area contributed by atoms with Crippen molar-refractivity contribution in [3.05, 3.63) is 46.8 Å². The lowest BCUT2D eigenvalue weighted by Crippen LogP contribution is -2.37. The molecule has 0 aliphatic heterocycles. The largest absolute Gasteiger partial charge is 0.480 e. The van der Waals surface area contributed by atoms with Crippen LogP contribution in [-0.2, 0) is 24.1 Å². The van der Waals surface area contributed by atoms with Gasteiger partial charge in [-0.15, -0.1) is 0 Å². The molecule has 1 amide bonds. The van der Waals surface area contributed by atoms with Gasteiger partial charge in [0.1, 0.15) is 6.54 Å². The van der Waals surface area contributed by atoms with E-state index in [-0.39, 0.29) is 12.5 Å². The summed E-state index contributed by atoms with van der Waals surface area (Å²) in [4.78, 5) is 25.5. The summed E-state index contributed by atoms with van der Waals surface area (Å²) in [5.74, 6) is -1.28. The molecule has 1 aromatic heterocycles. The van der Waals surface area contributed by atoms with E-state index < -0.39 is 5.97 Å². The molecule has 1 N–H and O–H groups in total. The topological polar surface area (TPSA) is 75.4 Å². The number of carbonyl (C=O) groups excluding carboxylic acids is 1. The summed E-state index contributed by atoms with van der Waals surface area (Å²) in [5.41, 5.74) is 4.65. The van der Waals surface area contributed by atoms with Gasteiger partial charge in [0, 0.05) is 17.8 Å². The predicted molar refractivity (Wildman–Crippen MR) is 98.8 cm³/mol. The molecule has 1 heterocycles. The quantitative estimate of drug-likeness (QED) is 0.829. The van der Waals surface area contributed by atoms with Crippen LogP contribution in [0.25, 0.3) is 5.69 Å². The summed E-state index contributed by atoms with van der Waals surface area (Å²) >= 11 is 0. The molecular weight excluding hydrogens is 330 g/mol. The molecule has 138 valence electrons. The number of amides is 1. The lowest BCUT2D eigenvalue weighted by Gasteiger charge is -2.19. The fraction of sp³-hybridized carbons (Fsp3) is 0.450. The van der Waals surface area contributed by atoms with Crippen molar-refractivity contribution in [1.29, 1.82) is 0 Å². The third kappa shape index (κ3) is 3.49. The minimum absolute atomic E-state index is 0.281. The van der Waals surface area contributed by atoms with Crippen molar-refractivity contribution in [1.82, 2.24) is 14.7 Å². The number of aliphatic carboxylic acids is 1. The second kappa shape index (κ2) is 7.72. The Morgan fingerprint density at radius 2 is 1.92 bits per heavy atom. The number of hydrogen-bond acceptors (Lipinski definition) is 3. The maximum Gasteiger partial charge on any atom is 0.323 e. The molecule has 0 spiro atoms. The van der Waals surface area contributed by atoms with E-state index in [4.69, 9.17) is 5.11 Å². The summed E-state index contributed by atoms with van der Waals surface area (Å²) in [6.45, 7) is 4.17. The number of carboxylic acid groups (broad SMARTS) is 1. The molecule has 1 aliphatic rings. The van der Waals surface area contributed by atoms with Gasteiger partial charge in [0.15, 0.2) is 5.69 Å². The van der Waals surface area contributed by atoms with Crippen LogP contribution in [0.2, 0.25) is 0 Å². The van der Waals surface area contributed by atoms with Crippen LogP contribution in [0.5, 0.6) is 0 Å². The number of aryl methyl sites for hydroxylation is 1. The fourth-order valence-electron chi connectivity index (χ4n) is 3.53. The molecular formula is C20H25N3O3. The Morgan fingerprint density at radius 1 is 1.19 bits per heavy atom. The van der Waals surface area contributed by atoms with Crippen LogP contribution >= 0.6 is 0 Å². The molecule has 3 rings (SSSR count). The summed E-state index contributed by atoms with van der Waals surface area (Å²) in [6.07, 6.45) is 4.38. The zero-order chi connectivity index (χ0) is 18.7. The van der Waals surface area contributed by atoms with E-state index in [1.807, 2.05) is 23.7 Å². The van der Waals surface area contributed by atoms with Crippen molar-refractivity contribution in [3.8, 4) is 5.69 Å². The molecule has 1 aliphatic carbocycles. The summed E-state index contributed by atoms with van der Waals surface area (Å²) in [7, 11) is 0. The zero-order valence-corrected chi connectivity index (χ0v) is 15.4. The predicted octanol–water partition coefficient (Wildman–Crippen LogP) is 2.86. The van der Waals surface area contributed by atoms with Crippen LogP contribution in [0.3, 0.4) is 0 Å². The molecule has 6 nitrogen and oxygen atoms in total. The maximum absolute atomic E-state index is 13.0. The molecule has 0 atom stereocenters. The first-order valence-electron chi connectivity index (χ1n) is 9.26. The van der Waals surface area contributed by atoms with Crippen molar-refractivity contribution in [2.24, 2.45) is 0 Å². The Hall–Kier alpha value is -2.63.